The summed E-state index contributed by atoms with van der Waals surface area (Å²) in [5, 5.41) is 0. The van der Waals surface area contributed by atoms with Crippen LogP contribution < -0.4 is 0 Å². The molecule has 6 heteroatoms. The molecule has 0 saturated carbocycles. The molecule has 0 aromatic carbocycles. The number of ether oxygens (including phenoxy) is 3. The molecule has 0 aliphatic carbocycles. The molecule has 0 aliphatic rings. The minimum atomic E-state index is -1.08. The smallest absolute Gasteiger partial charge is 0.437 e. The van der Waals surface area contributed by atoms with Gasteiger partial charge in [-0.3, -0.25) is 0 Å². The number of carbonyl (C=O) groups is 2. The molecule has 0 atom stereocenters. The molecule has 0 saturated heterocycles. The van der Waals surface area contributed by atoms with Gasteiger partial charge in [0.15, 0.2) is 0 Å². The van der Waals surface area contributed by atoms with Gasteiger partial charge in [-0.1, -0.05) is 0 Å². The van der Waals surface area contributed by atoms with Gasteiger partial charge in [-0.05, 0) is 0 Å². The van der Waals surface area contributed by atoms with E-state index in [1.807, 2.05) is 0 Å². The Morgan fingerprint density at radius 2 is 1.30 bits per heavy atom. The zero-order valence-corrected chi connectivity index (χ0v) is 7.16. The Balaban J connectivity index is 0. The van der Waals surface area contributed by atoms with E-state index in [0.29, 0.717) is 0 Å². The summed E-state index contributed by atoms with van der Waals surface area (Å²) in [7, 11) is 2.18. The van der Waals surface area contributed by atoms with Gasteiger partial charge >= 0.3 is 35.4 Å². The molecular weight excluding hydrogens is 152 g/mol. The predicted molar refractivity (Wildman–Crippen MR) is 31.6 cm³/mol. The second kappa shape index (κ2) is 6.62. The first-order chi connectivity index (χ1) is 4.20. The molecule has 0 aliphatic heterocycles. The van der Waals surface area contributed by atoms with Crippen LogP contribution in [0.25, 0.3) is 0 Å². The molecule has 0 heterocycles. The molecule has 0 unspecified atom stereocenters. The summed E-state index contributed by atoms with van der Waals surface area (Å²) in [6.45, 7) is 0. The van der Waals surface area contributed by atoms with Crippen molar-refractivity contribution in [3.05, 3.63) is 0 Å². The van der Waals surface area contributed by atoms with Crippen molar-refractivity contribution in [3.8, 4) is 0 Å². The molecule has 0 amide bonds. The first-order valence-corrected chi connectivity index (χ1v) is 2.04. The standard InChI is InChI=1S/C4H6O5.Mg/c1-7-3(5)9-4(6)8-2;/h1-2H3;/q;+2. The van der Waals surface area contributed by atoms with Crippen LogP contribution in [0.3, 0.4) is 0 Å². The van der Waals surface area contributed by atoms with E-state index < -0.39 is 12.3 Å². The number of carbonyl (C=O) groups excluding carboxylic acids is 2. The third kappa shape index (κ3) is 5.64. The van der Waals surface area contributed by atoms with E-state index in [2.05, 4.69) is 14.2 Å². The Morgan fingerprint density at radius 1 is 1.00 bits per heavy atom. The Hall–Kier alpha value is -0.494. The summed E-state index contributed by atoms with van der Waals surface area (Å²) in [5.74, 6) is 0. The Morgan fingerprint density at radius 3 is 1.50 bits per heavy atom. The normalized spacial score (nSPS) is 7.00. The fourth-order valence-corrected chi connectivity index (χ4v) is 0.151. The number of methoxy groups -OCH3 is 2. The molecule has 5 nitrogen and oxygen atoms in total. The number of hydrogen-bond donors (Lipinski definition) is 0. The Labute approximate surface area is 73.8 Å². The first kappa shape index (κ1) is 12.2. The van der Waals surface area contributed by atoms with Crippen molar-refractivity contribution in [2.24, 2.45) is 0 Å². The van der Waals surface area contributed by atoms with Crippen LogP contribution in [-0.2, 0) is 14.2 Å². The van der Waals surface area contributed by atoms with E-state index in [1.165, 1.54) is 0 Å². The molecule has 0 aromatic heterocycles. The van der Waals surface area contributed by atoms with Crippen LogP contribution in [-0.4, -0.2) is 49.6 Å². The SMILES string of the molecule is COC(=O)OC(=O)OC.[Mg+2]. The summed E-state index contributed by atoms with van der Waals surface area (Å²) < 4.78 is 11.7. The van der Waals surface area contributed by atoms with Gasteiger partial charge in [0.1, 0.15) is 0 Å². The minimum absolute atomic E-state index is 0. The molecular formula is C4H6MgO5+2. The molecule has 0 N–H and O–H groups in total. The van der Waals surface area contributed by atoms with Gasteiger partial charge in [0.2, 0.25) is 0 Å². The zero-order chi connectivity index (χ0) is 7.28. The molecule has 0 spiro atoms. The average Bonchev–Trinajstić information content (AvgIpc) is 1.87. The van der Waals surface area contributed by atoms with Crippen LogP contribution in [0.1, 0.15) is 0 Å². The maximum atomic E-state index is 10.0. The number of rotatable bonds is 0. The van der Waals surface area contributed by atoms with Crippen molar-refractivity contribution < 1.29 is 23.8 Å². The third-order valence-corrected chi connectivity index (χ3v) is 0.500. The van der Waals surface area contributed by atoms with Crippen LogP contribution in [0.2, 0.25) is 0 Å². The van der Waals surface area contributed by atoms with Gasteiger partial charge < -0.3 is 14.2 Å². The maximum absolute atomic E-state index is 10.0. The Bertz CT molecular complexity index is 109. The largest absolute Gasteiger partial charge is 2.00 e. The van der Waals surface area contributed by atoms with Gasteiger partial charge in [-0.2, -0.15) is 0 Å². The summed E-state index contributed by atoms with van der Waals surface area (Å²) in [6, 6.07) is 0. The molecule has 0 aromatic rings. The summed E-state index contributed by atoms with van der Waals surface area (Å²) in [6.07, 6.45) is -2.16. The molecule has 0 radical (unpaired) electrons. The maximum Gasteiger partial charge on any atom is 2.00 e. The third-order valence-electron chi connectivity index (χ3n) is 0.500. The summed E-state index contributed by atoms with van der Waals surface area (Å²) in [4.78, 5) is 20.1. The van der Waals surface area contributed by atoms with E-state index >= 15 is 0 Å². The van der Waals surface area contributed by atoms with Crippen LogP contribution in [0, 0.1) is 0 Å². The van der Waals surface area contributed by atoms with E-state index in [0.717, 1.165) is 14.2 Å². The van der Waals surface area contributed by atoms with Crippen molar-refractivity contribution in [3.63, 3.8) is 0 Å². The van der Waals surface area contributed by atoms with Gasteiger partial charge in [-0.15, -0.1) is 0 Å². The van der Waals surface area contributed by atoms with Crippen LogP contribution in [0.4, 0.5) is 9.59 Å². The minimum Gasteiger partial charge on any atom is -0.437 e. The van der Waals surface area contributed by atoms with Crippen LogP contribution in [0.15, 0.2) is 0 Å². The topological polar surface area (TPSA) is 61.8 Å². The first-order valence-electron chi connectivity index (χ1n) is 2.04. The molecule has 0 fully saturated rings. The van der Waals surface area contributed by atoms with Gasteiger partial charge in [0.05, 0.1) is 14.2 Å². The molecule has 0 rings (SSSR count). The van der Waals surface area contributed by atoms with Crippen molar-refractivity contribution in [2.75, 3.05) is 14.2 Å². The number of hydrogen-bond acceptors (Lipinski definition) is 5. The van der Waals surface area contributed by atoms with E-state index in [9.17, 15) is 9.59 Å². The zero-order valence-electron chi connectivity index (χ0n) is 5.75. The van der Waals surface area contributed by atoms with E-state index in [4.69, 9.17) is 0 Å². The van der Waals surface area contributed by atoms with Gasteiger partial charge in [0.25, 0.3) is 0 Å². The average molecular weight is 158 g/mol. The molecule has 10 heavy (non-hydrogen) atoms. The van der Waals surface area contributed by atoms with E-state index in [1.54, 1.807) is 0 Å². The monoisotopic (exact) mass is 158 g/mol. The van der Waals surface area contributed by atoms with E-state index in [-0.39, 0.29) is 23.1 Å². The van der Waals surface area contributed by atoms with Crippen molar-refractivity contribution in [1.29, 1.82) is 0 Å². The molecule has 0 bridgehead atoms. The summed E-state index contributed by atoms with van der Waals surface area (Å²) >= 11 is 0. The quantitative estimate of drug-likeness (QED) is 0.285. The van der Waals surface area contributed by atoms with Crippen LogP contribution >= 0.6 is 0 Å². The molecule has 52 valence electrons. The fourth-order valence-electron chi connectivity index (χ4n) is 0.151. The van der Waals surface area contributed by atoms with Crippen molar-refractivity contribution in [1.82, 2.24) is 0 Å². The van der Waals surface area contributed by atoms with Gasteiger partial charge in [-0.25, -0.2) is 9.59 Å². The van der Waals surface area contributed by atoms with Crippen molar-refractivity contribution >= 4 is 35.4 Å². The van der Waals surface area contributed by atoms with Gasteiger partial charge in [0, 0.05) is 0 Å². The Kier molecular flexibility index (Phi) is 8.09. The second-order valence-corrected chi connectivity index (χ2v) is 1.01. The second-order valence-electron chi connectivity index (χ2n) is 1.01. The predicted octanol–water partition coefficient (Wildman–Crippen LogP) is 0.155. The van der Waals surface area contributed by atoms with Crippen LogP contribution in [0.5, 0.6) is 0 Å². The summed E-state index contributed by atoms with van der Waals surface area (Å²) in [5.41, 5.74) is 0. The fraction of sp³-hybridized carbons (Fsp3) is 0.500. The van der Waals surface area contributed by atoms with Crippen molar-refractivity contribution in [2.45, 2.75) is 0 Å².